The maximum atomic E-state index is 12.8. The van der Waals surface area contributed by atoms with Crippen molar-refractivity contribution in [1.82, 2.24) is 14.7 Å². The van der Waals surface area contributed by atoms with Gasteiger partial charge in [0.25, 0.3) is 0 Å². The highest BCUT2D eigenvalue weighted by Crippen LogP contribution is 2.45. The highest BCUT2D eigenvalue weighted by Gasteiger charge is 2.51. The number of imide groups is 1. The first-order valence-corrected chi connectivity index (χ1v) is 9.77. The molecule has 140 valence electrons. The number of hydrogen-bond acceptors (Lipinski definition) is 4. The van der Waals surface area contributed by atoms with E-state index in [2.05, 4.69) is 10.4 Å². The summed E-state index contributed by atoms with van der Waals surface area (Å²) in [5, 5.41) is 7.18. The van der Waals surface area contributed by atoms with Gasteiger partial charge in [-0.15, -0.1) is 0 Å². The van der Waals surface area contributed by atoms with Gasteiger partial charge in [0.2, 0.25) is 17.7 Å². The predicted molar refractivity (Wildman–Crippen MR) is 95.2 cm³/mol. The van der Waals surface area contributed by atoms with Gasteiger partial charge in [-0.25, -0.2) is 4.68 Å². The molecule has 0 atom stereocenters. The zero-order chi connectivity index (χ0) is 18.1. The fourth-order valence-electron chi connectivity index (χ4n) is 4.82. The van der Waals surface area contributed by atoms with Crippen molar-refractivity contribution in [3.8, 4) is 0 Å². The van der Waals surface area contributed by atoms with Gasteiger partial charge >= 0.3 is 0 Å². The van der Waals surface area contributed by atoms with Crippen molar-refractivity contribution in [2.45, 2.75) is 70.3 Å². The third kappa shape index (κ3) is 3.04. The molecule has 26 heavy (non-hydrogen) atoms. The molecule has 4 rings (SSSR count). The fourth-order valence-corrected chi connectivity index (χ4v) is 4.82. The lowest BCUT2D eigenvalue weighted by molar-refractivity contribution is -0.144. The molecule has 1 N–H and O–H groups in total. The van der Waals surface area contributed by atoms with Crippen molar-refractivity contribution in [1.29, 1.82) is 0 Å². The summed E-state index contributed by atoms with van der Waals surface area (Å²) in [6.07, 6.45) is 11.1. The zero-order valence-corrected chi connectivity index (χ0v) is 15.1. The van der Waals surface area contributed by atoms with E-state index in [1.54, 1.807) is 12.3 Å². The van der Waals surface area contributed by atoms with Crippen molar-refractivity contribution in [2.75, 3.05) is 11.9 Å². The van der Waals surface area contributed by atoms with Gasteiger partial charge < -0.3 is 5.32 Å². The molecule has 2 aliphatic carbocycles. The lowest BCUT2D eigenvalue weighted by Crippen LogP contribution is -2.41. The lowest BCUT2D eigenvalue weighted by Gasteiger charge is -2.30. The SMILES string of the molecule is O=C(CN1C(=O)CC2(CCCCC2)C1=O)Nc1ccnn1C1CCCC1. The molecule has 2 heterocycles. The summed E-state index contributed by atoms with van der Waals surface area (Å²) in [6, 6.07) is 2.09. The van der Waals surface area contributed by atoms with Crippen LogP contribution >= 0.6 is 0 Å². The molecular formula is C19H26N4O3. The van der Waals surface area contributed by atoms with Crippen molar-refractivity contribution < 1.29 is 14.4 Å². The van der Waals surface area contributed by atoms with Gasteiger partial charge in [0.15, 0.2) is 0 Å². The van der Waals surface area contributed by atoms with Crippen LogP contribution in [-0.2, 0) is 14.4 Å². The van der Waals surface area contributed by atoms with Crippen LogP contribution in [0.15, 0.2) is 12.3 Å². The van der Waals surface area contributed by atoms with Gasteiger partial charge in [-0.3, -0.25) is 19.3 Å². The van der Waals surface area contributed by atoms with E-state index in [0.717, 1.165) is 49.8 Å². The molecule has 0 radical (unpaired) electrons. The Morgan fingerprint density at radius 2 is 1.88 bits per heavy atom. The molecule has 3 fully saturated rings. The van der Waals surface area contributed by atoms with Gasteiger partial charge in [0.05, 0.1) is 17.7 Å². The van der Waals surface area contributed by atoms with E-state index < -0.39 is 5.41 Å². The summed E-state index contributed by atoms with van der Waals surface area (Å²) in [6.45, 7) is -0.199. The average Bonchev–Trinajstić information content (AvgIpc) is 3.34. The number of anilines is 1. The second kappa shape index (κ2) is 6.85. The fraction of sp³-hybridized carbons (Fsp3) is 0.684. The highest BCUT2D eigenvalue weighted by atomic mass is 16.2. The minimum absolute atomic E-state index is 0.151. The second-order valence-corrected chi connectivity index (χ2v) is 7.95. The average molecular weight is 358 g/mol. The topological polar surface area (TPSA) is 84.3 Å². The second-order valence-electron chi connectivity index (χ2n) is 7.95. The molecule has 3 aliphatic rings. The Morgan fingerprint density at radius 1 is 1.15 bits per heavy atom. The molecule has 1 aromatic heterocycles. The van der Waals surface area contributed by atoms with Gasteiger partial charge in [0.1, 0.15) is 12.4 Å². The monoisotopic (exact) mass is 358 g/mol. The van der Waals surface area contributed by atoms with E-state index in [9.17, 15) is 14.4 Å². The summed E-state index contributed by atoms with van der Waals surface area (Å²) in [7, 11) is 0. The Kier molecular flexibility index (Phi) is 4.54. The number of carbonyl (C=O) groups is 3. The van der Waals surface area contributed by atoms with Crippen LogP contribution in [0.5, 0.6) is 0 Å². The molecule has 7 heteroatoms. The highest BCUT2D eigenvalue weighted by molar-refractivity contribution is 6.09. The van der Waals surface area contributed by atoms with Crippen LogP contribution in [0, 0.1) is 5.41 Å². The van der Waals surface area contributed by atoms with Crippen LogP contribution in [0.3, 0.4) is 0 Å². The molecule has 3 amide bonds. The third-order valence-corrected chi connectivity index (χ3v) is 6.21. The first kappa shape index (κ1) is 17.2. The Morgan fingerprint density at radius 3 is 2.62 bits per heavy atom. The van der Waals surface area contributed by atoms with E-state index in [-0.39, 0.29) is 30.7 Å². The largest absolute Gasteiger partial charge is 0.309 e. The summed E-state index contributed by atoms with van der Waals surface area (Å²) in [5.41, 5.74) is -0.540. The van der Waals surface area contributed by atoms with Crippen LogP contribution in [0.1, 0.15) is 70.3 Å². The van der Waals surface area contributed by atoms with Crippen LogP contribution in [-0.4, -0.2) is 38.9 Å². The Labute approximate surface area is 153 Å². The molecule has 1 spiro atoms. The molecular weight excluding hydrogens is 332 g/mol. The number of likely N-dealkylation sites (tertiary alicyclic amines) is 1. The number of rotatable bonds is 4. The van der Waals surface area contributed by atoms with Crippen LogP contribution < -0.4 is 5.32 Å². The zero-order valence-electron chi connectivity index (χ0n) is 15.1. The molecule has 7 nitrogen and oxygen atoms in total. The number of nitrogens with zero attached hydrogens (tertiary/aromatic N) is 3. The lowest BCUT2D eigenvalue weighted by atomic mass is 9.73. The van der Waals surface area contributed by atoms with E-state index in [1.165, 1.54) is 12.8 Å². The molecule has 0 aromatic carbocycles. The summed E-state index contributed by atoms with van der Waals surface area (Å²) in [4.78, 5) is 38.9. The first-order chi connectivity index (χ1) is 12.6. The molecule has 1 aliphatic heterocycles. The summed E-state index contributed by atoms with van der Waals surface area (Å²) < 4.78 is 1.86. The van der Waals surface area contributed by atoms with E-state index in [4.69, 9.17) is 0 Å². The Hall–Kier alpha value is -2.18. The number of aromatic nitrogens is 2. The van der Waals surface area contributed by atoms with Crippen molar-refractivity contribution in [2.24, 2.45) is 5.41 Å². The van der Waals surface area contributed by atoms with Crippen molar-refractivity contribution >= 4 is 23.5 Å². The molecule has 1 saturated heterocycles. The predicted octanol–water partition coefficient (Wildman–Crippen LogP) is 2.65. The molecule has 1 aromatic rings. The van der Waals surface area contributed by atoms with Gasteiger partial charge in [0, 0.05) is 12.5 Å². The number of amides is 3. The van der Waals surface area contributed by atoms with E-state index >= 15 is 0 Å². The minimum Gasteiger partial charge on any atom is -0.309 e. The Bertz CT molecular complexity index is 714. The van der Waals surface area contributed by atoms with Crippen molar-refractivity contribution in [3.63, 3.8) is 0 Å². The minimum atomic E-state index is -0.540. The first-order valence-electron chi connectivity index (χ1n) is 9.77. The van der Waals surface area contributed by atoms with E-state index in [1.807, 2.05) is 4.68 Å². The third-order valence-electron chi connectivity index (χ3n) is 6.21. The normalized spacial score (nSPS) is 23.2. The van der Waals surface area contributed by atoms with Gasteiger partial charge in [-0.05, 0) is 25.7 Å². The van der Waals surface area contributed by atoms with Crippen LogP contribution in [0.25, 0.3) is 0 Å². The Balaban J connectivity index is 1.41. The van der Waals surface area contributed by atoms with Crippen molar-refractivity contribution in [3.05, 3.63) is 12.3 Å². The molecule has 0 unspecified atom stereocenters. The maximum Gasteiger partial charge on any atom is 0.245 e. The quantitative estimate of drug-likeness (QED) is 0.839. The van der Waals surface area contributed by atoms with Crippen LogP contribution in [0.2, 0.25) is 0 Å². The molecule has 2 saturated carbocycles. The van der Waals surface area contributed by atoms with E-state index in [0.29, 0.717) is 11.9 Å². The summed E-state index contributed by atoms with van der Waals surface area (Å²) in [5.74, 6) is -0.0503. The summed E-state index contributed by atoms with van der Waals surface area (Å²) >= 11 is 0. The standard InChI is InChI=1S/C19H26N4O3/c24-16(21-15-8-11-20-23(15)14-6-2-3-7-14)13-22-17(25)12-19(18(22)26)9-4-1-5-10-19/h8,11,14H,1-7,9-10,12-13H2,(H,21,24). The smallest absolute Gasteiger partial charge is 0.245 e. The van der Waals surface area contributed by atoms with Gasteiger partial charge in [-0.2, -0.15) is 5.10 Å². The number of nitrogens with one attached hydrogen (secondary N) is 1. The van der Waals surface area contributed by atoms with Gasteiger partial charge in [-0.1, -0.05) is 32.1 Å². The maximum absolute atomic E-state index is 12.8. The number of hydrogen-bond donors (Lipinski definition) is 1. The number of carbonyl (C=O) groups excluding carboxylic acids is 3. The van der Waals surface area contributed by atoms with Crippen LogP contribution in [0.4, 0.5) is 5.82 Å². The molecule has 0 bridgehead atoms.